The standard InChI is InChI=1S/C15H20BrF2NO/c16-13-4-2-1-3-11(13)12(9-19)14(20)10-5-7-15(17,18)8-6-10/h1-4,10,12,14,20H,5-9,19H2. The highest BCUT2D eigenvalue weighted by molar-refractivity contribution is 9.10. The van der Waals surface area contributed by atoms with Crippen molar-refractivity contribution in [3.63, 3.8) is 0 Å². The van der Waals surface area contributed by atoms with E-state index in [1.165, 1.54) is 0 Å². The summed E-state index contributed by atoms with van der Waals surface area (Å²) in [5, 5.41) is 10.5. The summed E-state index contributed by atoms with van der Waals surface area (Å²) in [6, 6.07) is 7.61. The van der Waals surface area contributed by atoms with E-state index in [0.29, 0.717) is 19.4 Å². The van der Waals surface area contributed by atoms with Gasteiger partial charge in [0.2, 0.25) is 5.92 Å². The minimum absolute atomic E-state index is 0.102. The Kier molecular flexibility index (Phi) is 5.15. The lowest BCUT2D eigenvalue weighted by Crippen LogP contribution is -2.37. The van der Waals surface area contributed by atoms with Crippen molar-refractivity contribution in [2.24, 2.45) is 11.7 Å². The van der Waals surface area contributed by atoms with Crippen LogP contribution >= 0.6 is 15.9 Å². The second-order valence-corrected chi connectivity index (χ2v) is 6.40. The zero-order valence-electron chi connectivity index (χ0n) is 11.2. The SMILES string of the molecule is NCC(c1ccccc1Br)C(O)C1CCC(F)(F)CC1. The summed E-state index contributed by atoms with van der Waals surface area (Å²) >= 11 is 3.46. The third kappa shape index (κ3) is 3.57. The van der Waals surface area contributed by atoms with Gasteiger partial charge in [-0.3, -0.25) is 0 Å². The molecular weight excluding hydrogens is 328 g/mol. The maximum Gasteiger partial charge on any atom is 0.248 e. The third-order valence-electron chi connectivity index (χ3n) is 4.22. The summed E-state index contributed by atoms with van der Waals surface area (Å²) in [5.74, 6) is -2.89. The lowest BCUT2D eigenvalue weighted by molar-refractivity contribution is -0.0651. The molecule has 2 rings (SSSR count). The van der Waals surface area contributed by atoms with Crippen molar-refractivity contribution < 1.29 is 13.9 Å². The van der Waals surface area contributed by atoms with Crippen LogP contribution in [0, 0.1) is 5.92 Å². The van der Waals surface area contributed by atoms with Gasteiger partial charge in [0.15, 0.2) is 0 Å². The molecule has 0 saturated heterocycles. The molecule has 2 unspecified atom stereocenters. The number of rotatable bonds is 4. The molecule has 2 atom stereocenters. The normalized spacial score (nSPS) is 22.4. The predicted octanol–water partition coefficient (Wildman–Crippen LogP) is 3.68. The van der Waals surface area contributed by atoms with Gasteiger partial charge in [-0.05, 0) is 30.4 Å². The van der Waals surface area contributed by atoms with Crippen molar-refractivity contribution >= 4 is 15.9 Å². The molecule has 0 heterocycles. The van der Waals surface area contributed by atoms with Gasteiger partial charge in [-0.2, -0.15) is 0 Å². The van der Waals surface area contributed by atoms with E-state index in [1.807, 2.05) is 24.3 Å². The van der Waals surface area contributed by atoms with Crippen LogP contribution in [0.2, 0.25) is 0 Å². The molecule has 0 aromatic heterocycles. The quantitative estimate of drug-likeness (QED) is 0.872. The molecule has 112 valence electrons. The van der Waals surface area contributed by atoms with Gasteiger partial charge in [0.1, 0.15) is 0 Å². The highest BCUT2D eigenvalue weighted by Gasteiger charge is 2.39. The van der Waals surface area contributed by atoms with Crippen molar-refractivity contribution in [1.29, 1.82) is 0 Å². The summed E-state index contributed by atoms with van der Waals surface area (Å²) in [5.41, 5.74) is 6.75. The predicted molar refractivity (Wildman–Crippen MR) is 78.8 cm³/mol. The summed E-state index contributed by atoms with van der Waals surface area (Å²) in [6.07, 6.45) is -0.233. The summed E-state index contributed by atoms with van der Waals surface area (Å²) in [4.78, 5) is 0. The number of aliphatic hydroxyl groups is 1. The fraction of sp³-hybridized carbons (Fsp3) is 0.600. The largest absolute Gasteiger partial charge is 0.392 e. The van der Waals surface area contributed by atoms with Crippen LogP contribution in [-0.4, -0.2) is 23.7 Å². The van der Waals surface area contributed by atoms with Crippen molar-refractivity contribution in [2.75, 3.05) is 6.54 Å². The van der Waals surface area contributed by atoms with Gasteiger partial charge in [0, 0.05) is 29.8 Å². The Morgan fingerprint density at radius 3 is 2.45 bits per heavy atom. The monoisotopic (exact) mass is 347 g/mol. The third-order valence-corrected chi connectivity index (χ3v) is 4.94. The molecule has 1 aliphatic rings. The van der Waals surface area contributed by atoms with Gasteiger partial charge in [-0.1, -0.05) is 34.1 Å². The first-order valence-electron chi connectivity index (χ1n) is 6.95. The van der Waals surface area contributed by atoms with E-state index in [-0.39, 0.29) is 24.7 Å². The highest BCUT2D eigenvalue weighted by Crippen LogP contribution is 2.40. The van der Waals surface area contributed by atoms with E-state index in [9.17, 15) is 13.9 Å². The second kappa shape index (κ2) is 6.50. The molecule has 1 fully saturated rings. The van der Waals surface area contributed by atoms with Crippen LogP contribution in [0.25, 0.3) is 0 Å². The van der Waals surface area contributed by atoms with Gasteiger partial charge < -0.3 is 10.8 Å². The summed E-state index contributed by atoms with van der Waals surface area (Å²) in [6.45, 7) is 0.302. The zero-order chi connectivity index (χ0) is 14.8. The molecular formula is C15H20BrF2NO. The van der Waals surface area contributed by atoms with Crippen molar-refractivity contribution in [2.45, 2.75) is 43.6 Å². The van der Waals surface area contributed by atoms with Gasteiger partial charge in [-0.25, -0.2) is 8.78 Å². The van der Waals surface area contributed by atoms with Crippen LogP contribution in [-0.2, 0) is 0 Å². The Hall–Kier alpha value is -0.520. The Morgan fingerprint density at radius 1 is 1.30 bits per heavy atom. The number of aliphatic hydroxyl groups excluding tert-OH is 1. The average Bonchev–Trinajstić information content (AvgIpc) is 2.41. The van der Waals surface area contributed by atoms with Crippen LogP contribution in [0.4, 0.5) is 8.78 Å². The van der Waals surface area contributed by atoms with E-state index in [0.717, 1.165) is 10.0 Å². The van der Waals surface area contributed by atoms with Crippen LogP contribution in [0.3, 0.4) is 0 Å². The first-order valence-corrected chi connectivity index (χ1v) is 7.74. The molecule has 2 nitrogen and oxygen atoms in total. The number of nitrogens with two attached hydrogens (primary N) is 1. The van der Waals surface area contributed by atoms with Crippen molar-refractivity contribution in [1.82, 2.24) is 0 Å². The van der Waals surface area contributed by atoms with E-state index >= 15 is 0 Å². The van der Waals surface area contributed by atoms with Crippen LogP contribution in [0.5, 0.6) is 0 Å². The van der Waals surface area contributed by atoms with Gasteiger partial charge in [-0.15, -0.1) is 0 Å². The summed E-state index contributed by atoms with van der Waals surface area (Å²) in [7, 11) is 0. The topological polar surface area (TPSA) is 46.2 Å². The molecule has 3 N–H and O–H groups in total. The lowest BCUT2D eigenvalue weighted by atomic mass is 9.77. The molecule has 0 radical (unpaired) electrons. The number of hydrogen-bond acceptors (Lipinski definition) is 2. The first-order chi connectivity index (χ1) is 9.44. The Balaban J connectivity index is 2.10. The number of hydrogen-bond donors (Lipinski definition) is 2. The lowest BCUT2D eigenvalue weighted by Gasteiger charge is -2.35. The van der Waals surface area contributed by atoms with Gasteiger partial charge >= 0.3 is 0 Å². The Morgan fingerprint density at radius 2 is 1.90 bits per heavy atom. The smallest absolute Gasteiger partial charge is 0.248 e. The average molecular weight is 348 g/mol. The van der Waals surface area contributed by atoms with Crippen molar-refractivity contribution in [3.8, 4) is 0 Å². The molecule has 0 spiro atoms. The maximum atomic E-state index is 13.2. The molecule has 1 aromatic rings. The molecule has 20 heavy (non-hydrogen) atoms. The van der Waals surface area contributed by atoms with E-state index in [1.54, 1.807) is 0 Å². The molecule has 1 aromatic carbocycles. The molecule has 0 aliphatic heterocycles. The minimum atomic E-state index is -2.57. The summed E-state index contributed by atoms with van der Waals surface area (Å²) < 4.78 is 27.3. The van der Waals surface area contributed by atoms with Gasteiger partial charge in [0.05, 0.1) is 6.10 Å². The fourth-order valence-electron chi connectivity index (χ4n) is 2.96. The van der Waals surface area contributed by atoms with Gasteiger partial charge in [0.25, 0.3) is 0 Å². The minimum Gasteiger partial charge on any atom is -0.392 e. The zero-order valence-corrected chi connectivity index (χ0v) is 12.8. The molecule has 1 aliphatic carbocycles. The highest BCUT2D eigenvalue weighted by atomic mass is 79.9. The van der Waals surface area contributed by atoms with Crippen LogP contribution in [0.15, 0.2) is 28.7 Å². The maximum absolute atomic E-state index is 13.2. The van der Waals surface area contributed by atoms with E-state index < -0.39 is 12.0 Å². The van der Waals surface area contributed by atoms with E-state index in [4.69, 9.17) is 5.73 Å². The fourth-order valence-corrected chi connectivity index (χ4v) is 3.54. The second-order valence-electron chi connectivity index (χ2n) is 5.55. The Bertz CT molecular complexity index is 445. The molecule has 1 saturated carbocycles. The Labute approximate surface area is 126 Å². The van der Waals surface area contributed by atoms with Crippen LogP contribution in [0.1, 0.15) is 37.2 Å². The molecule has 0 amide bonds. The first kappa shape index (κ1) is 15.9. The number of halogens is 3. The molecule has 0 bridgehead atoms. The number of alkyl halides is 2. The van der Waals surface area contributed by atoms with Crippen LogP contribution < -0.4 is 5.73 Å². The molecule has 5 heteroatoms. The van der Waals surface area contributed by atoms with E-state index in [2.05, 4.69) is 15.9 Å². The number of benzene rings is 1. The van der Waals surface area contributed by atoms with Crippen molar-refractivity contribution in [3.05, 3.63) is 34.3 Å².